The van der Waals surface area contributed by atoms with Crippen molar-refractivity contribution in [3.05, 3.63) is 11.9 Å². The molecule has 5 nitrogen and oxygen atoms in total. The molecule has 2 heterocycles. The number of hydrogen-bond donors (Lipinski definition) is 1. The van der Waals surface area contributed by atoms with E-state index in [0.29, 0.717) is 6.04 Å². The van der Waals surface area contributed by atoms with Crippen LogP contribution in [0, 0.1) is 0 Å². The second-order valence-corrected chi connectivity index (χ2v) is 6.06. The molecule has 0 saturated carbocycles. The third-order valence-corrected chi connectivity index (χ3v) is 4.04. The van der Waals surface area contributed by atoms with Gasteiger partial charge in [-0.15, -0.1) is 0 Å². The summed E-state index contributed by atoms with van der Waals surface area (Å²) in [6, 6.07) is 0.569. The molecule has 1 unspecified atom stereocenters. The van der Waals surface area contributed by atoms with Gasteiger partial charge in [-0.2, -0.15) is 0 Å². The smallest absolute Gasteiger partial charge is 0.137 e. The van der Waals surface area contributed by atoms with Crippen LogP contribution in [0.5, 0.6) is 0 Å². The molecular weight excluding hydrogens is 262 g/mol. The molecule has 1 N–H and O–H groups in total. The van der Waals surface area contributed by atoms with Crippen molar-refractivity contribution in [1.82, 2.24) is 14.9 Å². The normalized spacial score (nSPS) is 18.5. The van der Waals surface area contributed by atoms with E-state index < -0.39 is 0 Å². The van der Waals surface area contributed by atoms with E-state index >= 15 is 0 Å². The summed E-state index contributed by atoms with van der Waals surface area (Å²) in [6.07, 6.45) is 6.28. The molecule has 1 aromatic rings. The number of nitrogens with one attached hydrogen (secondary N) is 1. The van der Waals surface area contributed by atoms with Crippen LogP contribution in [0.15, 0.2) is 6.33 Å². The summed E-state index contributed by atoms with van der Waals surface area (Å²) in [5.41, 5.74) is 1.26. The Kier molecular flexibility index (Phi) is 5.79. The van der Waals surface area contributed by atoms with Crippen molar-refractivity contribution in [1.29, 1.82) is 0 Å². The second kappa shape index (κ2) is 7.59. The first-order valence-electron chi connectivity index (χ1n) is 8.16. The van der Waals surface area contributed by atoms with Gasteiger partial charge in [-0.05, 0) is 39.8 Å². The number of hydrogen-bond acceptors (Lipinski definition) is 5. The van der Waals surface area contributed by atoms with Crippen molar-refractivity contribution < 1.29 is 0 Å². The van der Waals surface area contributed by atoms with Crippen LogP contribution in [0.3, 0.4) is 0 Å². The summed E-state index contributed by atoms with van der Waals surface area (Å²) >= 11 is 0. The van der Waals surface area contributed by atoms with Gasteiger partial charge in [0.1, 0.15) is 18.0 Å². The lowest BCUT2D eigenvalue weighted by Crippen LogP contribution is -2.38. The van der Waals surface area contributed by atoms with Crippen LogP contribution in [0.1, 0.15) is 38.7 Å². The van der Waals surface area contributed by atoms with E-state index in [2.05, 4.69) is 53.0 Å². The van der Waals surface area contributed by atoms with E-state index in [9.17, 15) is 0 Å². The largest absolute Gasteiger partial charge is 0.370 e. The number of aromatic nitrogens is 2. The van der Waals surface area contributed by atoms with Gasteiger partial charge in [-0.25, -0.2) is 9.97 Å². The Hall–Kier alpha value is -1.36. The predicted octanol–water partition coefficient (Wildman–Crippen LogP) is 2.39. The summed E-state index contributed by atoms with van der Waals surface area (Å²) in [5.74, 6) is 2.15. The number of anilines is 2. The van der Waals surface area contributed by atoms with Gasteiger partial charge in [0.2, 0.25) is 0 Å². The highest BCUT2D eigenvalue weighted by Crippen LogP contribution is 2.30. The van der Waals surface area contributed by atoms with Crippen LogP contribution in [0.2, 0.25) is 0 Å². The van der Waals surface area contributed by atoms with E-state index in [1.165, 1.54) is 18.4 Å². The maximum Gasteiger partial charge on any atom is 0.137 e. The van der Waals surface area contributed by atoms with Crippen LogP contribution in [-0.2, 0) is 6.42 Å². The standard InChI is InChI=1S/C16H29N5/c1-5-9-17-15-14(6-2)16(19-12-18-15)21-10-7-8-13(21)11-20(3)4/h12-13H,5-11H2,1-4H3,(H,17,18,19). The number of rotatable bonds is 7. The molecule has 5 heteroatoms. The van der Waals surface area contributed by atoms with Crippen LogP contribution >= 0.6 is 0 Å². The highest BCUT2D eigenvalue weighted by Gasteiger charge is 2.28. The van der Waals surface area contributed by atoms with E-state index in [-0.39, 0.29) is 0 Å². The lowest BCUT2D eigenvalue weighted by molar-refractivity contribution is 0.371. The van der Waals surface area contributed by atoms with Gasteiger partial charge >= 0.3 is 0 Å². The van der Waals surface area contributed by atoms with Crippen molar-refractivity contribution in [3.63, 3.8) is 0 Å². The maximum atomic E-state index is 4.61. The van der Waals surface area contributed by atoms with Crippen molar-refractivity contribution in [3.8, 4) is 0 Å². The van der Waals surface area contributed by atoms with Crippen LogP contribution in [-0.4, -0.2) is 54.6 Å². The molecule has 0 aromatic carbocycles. The Morgan fingerprint density at radius 1 is 1.33 bits per heavy atom. The van der Waals surface area contributed by atoms with E-state index in [4.69, 9.17) is 0 Å². The molecule has 1 aromatic heterocycles. The zero-order chi connectivity index (χ0) is 15.2. The van der Waals surface area contributed by atoms with Gasteiger partial charge in [0.25, 0.3) is 0 Å². The lowest BCUT2D eigenvalue weighted by atomic mass is 10.1. The minimum absolute atomic E-state index is 0.569. The Labute approximate surface area is 128 Å². The fourth-order valence-electron chi connectivity index (χ4n) is 3.10. The highest BCUT2D eigenvalue weighted by molar-refractivity contribution is 5.59. The quantitative estimate of drug-likeness (QED) is 0.835. The number of likely N-dealkylation sites (N-methyl/N-ethyl adjacent to an activating group) is 1. The fraction of sp³-hybridized carbons (Fsp3) is 0.750. The van der Waals surface area contributed by atoms with Gasteiger partial charge in [-0.3, -0.25) is 0 Å². The molecule has 0 bridgehead atoms. The molecule has 0 spiro atoms. The molecule has 2 rings (SSSR count). The zero-order valence-electron chi connectivity index (χ0n) is 13.9. The summed E-state index contributed by atoms with van der Waals surface area (Å²) in [7, 11) is 4.29. The van der Waals surface area contributed by atoms with Crippen LogP contribution < -0.4 is 10.2 Å². The van der Waals surface area contributed by atoms with Crippen LogP contribution in [0.4, 0.5) is 11.6 Å². The van der Waals surface area contributed by atoms with Gasteiger partial charge in [0.05, 0.1) is 0 Å². The van der Waals surface area contributed by atoms with Gasteiger partial charge in [0, 0.05) is 31.2 Å². The molecule has 1 aliphatic rings. The maximum absolute atomic E-state index is 4.61. The third kappa shape index (κ3) is 3.84. The van der Waals surface area contributed by atoms with Crippen LogP contribution in [0.25, 0.3) is 0 Å². The second-order valence-electron chi connectivity index (χ2n) is 6.06. The molecule has 0 radical (unpaired) electrons. The van der Waals surface area contributed by atoms with Crippen molar-refractivity contribution in [2.75, 3.05) is 43.9 Å². The monoisotopic (exact) mass is 291 g/mol. The van der Waals surface area contributed by atoms with E-state index in [1.807, 2.05) is 0 Å². The molecule has 118 valence electrons. The first-order valence-corrected chi connectivity index (χ1v) is 8.16. The van der Waals surface area contributed by atoms with Crippen molar-refractivity contribution in [2.24, 2.45) is 0 Å². The minimum Gasteiger partial charge on any atom is -0.370 e. The fourth-order valence-corrected chi connectivity index (χ4v) is 3.10. The first kappa shape index (κ1) is 16.0. The Balaban J connectivity index is 2.25. The molecule has 1 fully saturated rings. The molecule has 0 amide bonds. The summed E-state index contributed by atoms with van der Waals surface area (Å²) in [6.45, 7) is 7.52. The molecule has 1 aliphatic heterocycles. The van der Waals surface area contributed by atoms with E-state index in [1.54, 1.807) is 6.33 Å². The topological polar surface area (TPSA) is 44.3 Å². The van der Waals surface area contributed by atoms with Gasteiger partial charge in [-0.1, -0.05) is 13.8 Å². The predicted molar refractivity (Wildman–Crippen MR) is 89.1 cm³/mol. The summed E-state index contributed by atoms with van der Waals surface area (Å²) in [4.78, 5) is 13.8. The van der Waals surface area contributed by atoms with Gasteiger partial charge in [0.15, 0.2) is 0 Å². The zero-order valence-corrected chi connectivity index (χ0v) is 13.9. The SMILES string of the molecule is CCCNc1ncnc(N2CCCC2CN(C)C)c1CC. The van der Waals surface area contributed by atoms with E-state index in [0.717, 1.165) is 44.1 Å². The average Bonchev–Trinajstić information content (AvgIpc) is 2.91. The molecule has 1 atom stereocenters. The third-order valence-electron chi connectivity index (χ3n) is 4.04. The number of nitrogens with zero attached hydrogens (tertiary/aromatic N) is 4. The first-order chi connectivity index (χ1) is 10.2. The minimum atomic E-state index is 0.569. The van der Waals surface area contributed by atoms with Crippen molar-refractivity contribution >= 4 is 11.6 Å². The summed E-state index contributed by atoms with van der Waals surface area (Å²) < 4.78 is 0. The molecule has 1 saturated heterocycles. The average molecular weight is 291 g/mol. The molecular formula is C16H29N5. The lowest BCUT2D eigenvalue weighted by Gasteiger charge is -2.30. The Morgan fingerprint density at radius 2 is 2.14 bits per heavy atom. The Morgan fingerprint density at radius 3 is 2.81 bits per heavy atom. The summed E-state index contributed by atoms with van der Waals surface area (Å²) in [5, 5.41) is 3.45. The molecule has 21 heavy (non-hydrogen) atoms. The van der Waals surface area contributed by atoms with Gasteiger partial charge < -0.3 is 15.1 Å². The molecule has 0 aliphatic carbocycles. The van der Waals surface area contributed by atoms with Crippen molar-refractivity contribution in [2.45, 2.75) is 45.6 Å². The Bertz CT molecular complexity index is 446. The highest BCUT2D eigenvalue weighted by atomic mass is 15.3.